The number of hydrogen-bond donors (Lipinski definition) is 0. The van der Waals surface area contributed by atoms with E-state index in [0.717, 1.165) is 31.4 Å². The highest BCUT2D eigenvalue weighted by molar-refractivity contribution is 5.86. The zero-order valence-corrected chi connectivity index (χ0v) is 8.65. The Hall–Kier alpha value is -2.31. The van der Waals surface area contributed by atoms with Crippen molar-refractivity contribution < 1.29 is 23.2 Å². The van der Waals surface area contributed by atoms with Crippen molar-refractivity contribution >= 4 is 17.7 Å². The first-order valence-electron chi connectivity index (χ1n) is 4.35. The van der Waals surface area contributed by atoms with Crippen LogP contribution in [0.4, 0.5) is 14.5 Å². The lowest BCUT2D eigenvalue weighted by atomic mass is 10.1. The third kappa shape index (κ3) is 3.07. The Labute approximate surface area is 94.5 Å². The van der Waals surface area contributed by atoms with Gasteiger partial charge in [-0.05, 0) is 23.8 Å². The predicted octanol–water partition coefficient (Wildman–Crippen LogP) is 2.06. The number of hydrogen-bond acceptors (Lipinski definition) is 4. The van der Waals surface area contributed by atoms with Gasteiger partial charge in [-0.2, -0.15) is 8.78 Å². The van der Waals surface area contributed by atoms with Crippen LogP contribution in [0.15, 0.2) is 18.2 Å². The van der Waals surface area contributed by atoms with Gasteiger partial charge in [-0.25, -0.2) is 4.79 Å². The second-order valence-electron chi connectivity index (χ2n) is 2.95. The van der Waals surface area contributed by atoms with E-state index >= 15 is 0 Å². The molecule has 0 amide bonds. The highest BCUT2D eigenvalue weighted by Gasteiger charge is 2.21. The maximum Gasteiger partial charge on any atom is 0.340 e. The second-order valence-corrected chi connectivity index (χ2v) is 2.95. The number of nitro groups is 1. The summed E-state index contributed by atoms with van der Waals surface area (Å²) in [6, 6.07) is 1.50. The van der Waals surface area contributed by atoms with E-state index in [1.165, 1.54) is 0 Å². The predicted molar refractivity (Wildman–Crippen MR) is 54.1 cm³/mol. The number of nitrogens with zero attached hydrogens (tertiary/aromatic N) is 1. The number of carbonyl (C=O) groups excluding carboxylic acids is 1. The summed E-state index contributed by atoms with van der Waals surface area (Å²) in [5.41, 5.74) is -1.24. The number of halogens is 2. The van der Waals surface area contributed by atoms with E-state index in [9.17, 15) is 23.7 Å². The molecule has 0 radical (unpaired) electrons. The average molecular weight is 243 g/mol. The summed E-state index contributed by atoms with van der Waals surface area (Å²) in [5, 5.41) is 10.3. The first-order valence-corrected chi connectivity index (χ1v) is 4.35. The summed E-state index contributed by atoms with van der Waals surface area (Å²) in [6.07, 6.45) is 2.03. The molecule has 1 aromatic carbocycles. The van der Waals surface area contributed by atoms with Crippen LogP contribution in [0.1, 0.15) is 5.56 Å². The number of benzene rings is 1. The van der Waals surface area contributed by atoms with E-state index in [1.54, 1.807) is 0 Å². The fourth-order valence-corrected chi connectivity index (χ4v) is 1.09. The number of rotatable bonds is 3. The van der Waals surface area contributed by atoms with Crippen LogP contribution in [-0.2, 0) is 9.53 Å². The van der Waals surface area contributed by atoms with Gasteiger partial charge in [-0.1, -0.05) is 0 Å². The molecule has 0 heterocycles. The summed E-state index contributed by atoms with van der Waals surface area (Å²) in [5.74, 6) is -3.32. The van der Waals surface area contributed by atoms with E-state index in [-0.39, 0.29) is 5.56 Å². The van der Waals surface area contributed by atoms with Gasteiger partial charge in [0.05, 0.1) is 12.0 Å². The smallest absolute Gasteiger partial charge is 0.340 e. The van der Waals surface area contributed by atoms with Crippen molar-refractivity contribution in [3.8, 4) is 0 Å². The average Bonchev–Trinajstić information content (AvgIpc) is 2.24. The van der Waals surface area contributed by atoms with Crippen molar-refractivity contribution in [1.82, 2.24) is 0 Å². The molecule has 1 rings (SSSR count). The fraction of sp³-hybridized carbons (Fsp3) is 0.100. The number of esters is 1. The van der Waals surface area contributed by atoms with Gasteiger partial charge in [0.25, 0.3) is 0 Å². The Balaban J connectivity index is 3.11. The number of carbonyl (C=O) groups is 1. The molecule has 17 heavy (non-hydrogen) atoms. The minimum atomic E-state index is -1.31. The number of nitro benzene ring substituents is 1. The van der Waals surface area contributed by atoms with Crippen LogP contribution in [0.5, 0.6) is 0 Å². The van der Waals surface area contributed by atoms with Gasteiger partial charge in [0.1, 0.15) is 0 Å². The lowest BCUT2D eigenvalue weighted by Crippen LogP contribution is -1.98. The highest BCUT2D eigenvalue weighted by atomic mass is 19.1. The maximum absolute atomic E-state index is 13.1. The number of methoxy groups -OCH3 is 1. The minimum absolute atomic E-state index is 0.0176. The minimum Gasteiger partial charge on any atom is -0.466 e. The monoisotopic (exact) mass is 243 g/mol. The summed E-state index contributed by atoms with van der Waals surface area (Å²) in [6.45, 7) is 0. The van der Waals surface area contributed by atoms with E-state index in [0.29, 0.717) is 0 Å². The molecule has 5 nitrogen and oxygen atoms in total. The van der Waals surface area contributed by atoms with E-state index in [4.69, 9.17) is 0 Å². The molecule has 0 unspecified atom stereocenters. The summed E-state index contributed by atoms with van der Waals surface area (Å²) in [7, 11) is 1.14. The Morgan fingerprint density at radius 3 is 2.35 bits per heavy atom. The normalized spacial score (nSPS) is 10.5. The lowest BCUT2D eigenvalue weighted by molar-refractivity contribution is -0.390. The van der Waals surface area contributed by atoms with Crippen molar-refractivity contribution in [2.24, 2.45) is 0 Å². The largest absolute Gasteiger partial charge is 0.466 e. The van der Waals surface area contributed by atoms with Crippen LogP contribution in [0, 0.1) is 21.7 Å². The maximum atomic E-state index is 13.1. The molecule has 0 saturated heterocycles. The zero-order valence-electron chi connectivity index (χ0n) is 8.65. The fourth-order valence-electron chi connectivity index (χ4n) is 1.09. The molecule has 0 spiro atoms. The van der Waals surface area contributed by atoms with Crippen molar-refractivity contribution in [1.29, 1.82) is 0 Å². The molecular formula is C10H7F2NO4. The Kier molecular flexibility index (Phi) is 3.86. The third-order valence-electron chi connectivity index (χ3n) is 1.83. The first-order chi connectivity index (χ1) is 7.95. The van der Waals surface area contributed by atoms with Gasteiger partial charge in [0.15, 0.2) is 0 Å². The van der Waals surface area contributed by atoms with Crippen molar-refractivity contribution in [2.45, 2.75) is 0 Å². The van der Waals surface area contributed by atoms with Gasteiger partial charge in [-0.15, -0.1) is 0 Å². The molecular weight excluding hydrogens is 236 g/mol. The highest BCUT2D eigenvalue weighted by Crippen LogP contribution is 2.23. The van der Waals surface area contributed by atoms with E-state index in [2.05, 4.69) is 4.74 Å². The van der Waals surface area contributed by atoms with Gasteiger partial charge in [-0.3, -0.25) is 10.1 Å². The summed E-state index contributed by atoms with van der Waals surface area (Å²) >= 11 is 0. The van der Waals surface area contributed by atoms with Crippen LogP contribution >= 0.6 is 0 Å². The van der Waals surface area contributed by atoms with Gasteiger partial charge < -0.3 is 4.74 Å². The molecule has 0 aliphatic carbocycles. The molecule has 0 aliphatic heterocycles. The molecule has 0 atom stereocenters. The van der Waals surface area contributed by atoms with Gasteiger partial charge >= 0.3 is 11.7 Å². The third-order valence-corrected chi connectivity index (χ3v) is 1.83. The summed E-state index contributed by atoms with van der Waals surface area (Å²) in [4.78, 5) is 19.9. The van der Waals surface area contributed by atoms with E-state index < -0.39 is 28.2 Å². The number of ether oxygens (including phenoxy) is 1. The second kappa shape index (κ2) is 5.15. The molecule has 0 N–H and O–H groups in total. The molecule has 7 heteroatoms. The van der Waals surface area contributed by atoms with Crippen LogP contribution in [0.3, 0.4) is 0 Å². The zero-order chi connectivity index (χ0) is 13.0. The Bertz CT molecular complexity index is 476. The Morgan fingerprint density at radius 1 is 1.41 bits per heavy atom. The van der Waals surface area contributed by atoms with Crippen molar-refractivity contribution in [2.75, 3.05) is 7.11 Å². The molecule has 0 aromatic heterocycles. The molecule has 0 fully saturated rings. The van der Waals surface area contributed by atoms with Crippen molar-refractivity contribution in [3.63, 3.8) is 0 Å². The topological polar surface area (TPSA) is 69.4 Å². The van der Waals surface area contributed by atoms with Crippen LogP contribution < -0.4 is 0 Å². The van der Waals surface area contributed by atoms with Gasteiger partial charge in [0, 0.05) is 6.08 Å². The quantitative estimate of drug-likeness (QED) is 0.352. The lowest BCUT2D eigenvalue weighted by Gasteiger charge is -1.98. The molecule has 0 bridgehead atoms. The molecule has 90 valence electrons. The summed E-state index contributed by atoms with van der Waals surface area (Å²) < 4.78 is 30.5. The van der Waals surface area contributed by atoms with E-state index in [1.807, 2.05) is 0 Å². The van der Waals surface area contributed by atoms with Crippen LogP contribution in [0.2, 0.25) is 0 Å². The first kappa shape index (κ1) is 12.8. The molecule has 0 aliphatic rings. The molecule has 0 saturated carbocycles. The van der Waals surface area contributed by atoms with Gasteiger partial charge in [0.2, 0.25) is 11.6 Å². The standard InChI is InChI=1S/C10H7F2NO4/c1-17-9(14)3-2-6-4-7(11)10(13(15)16)8(12)5-6/h2-5H,1H3. The van der Waals surface area contributed by atoms with Crippen LogP contribution in [0.25, 0.3) is 6.08 Å². The molecule has 1 aromatic rings. The van der Waals surface area contributed by atoms with Crippen molar-refractivity contribution in [3.05, 3.63) is 45.5 Å². The SMILES string of the molecule is COC(=O)C=Cc1cc(F)c([N+](=O)[O-])c(F)c1. The van der Waals surface area contributed by atoms with Crippen LogP contribution in [-0.4, -0.2) is 18.0 Å². The Morgan fingerprint density at radius 2 is 1.94 bits per heavy atom.